The van der Waals surface area contributed by atoms with E-state index in [0.717, 1.165) is 26.7 Å². The Balaban J connectivity index is 1.96. The van der Waals surface area contributed by atoms with E-state index in [1.807, 2.05) is 29.1 Å². The van der Waals surface area contributed by atoms with Crippen LogP contribution >= 0.6 is 22.7 Å². The minimum atomic E-state index is 0.0840. The molecule has 0 aliphatic heterocycles. The highest BCUT2D eigenvalue weighted by Gasteiger charge is 2.18. The van der Waals surface area contributed by atoms with Gasteiger partial charge in [-0.15, -0.1) is 22.7 Å². The average molecular weight is 293 g/mol. The molecule has 0 radical (unpaired) electrons. The highest BCUT2D eigenvalue weighted by Crippen LogP contribution is 2.28. The Hall–Kier alpha value is -1.40. The lowest BCUT2D eigenvalue weighted by atomic mass is 10.2. The van der Waals surface area contributed by atoms with Gasteiger partial charge in [-0.3, -0.25) is 9.20 Å². The molecule has 6 heteroatoms. The first-order chi connectivity index (χ1) is 9.06. The molecule has 4 nitrogen and oxygen atoms in total. The molecule has 0 aromatic carbocycles. The molecule has 0 unspecified atom stereocenters. The Morgan fingerprint density at radius 1 is 1.53 bits per heavy atom. The fraction of sp³-hybridized carbons (Fsp3) is 0.385. The molecule has 3 aromatic rings. The Morgan fingerprint density at radius 3 is 3.05 bits per heavy atom. The summed E-state index contributed by atoms with van der Waals surface area (Å²) in [7, 11) is 1.85. The molecule has 0 saturated heterocycles. The lowest BCUT2D eigenvalue weighted by Gasteiger charge is -2.18. The summed E-state index contributed by atoms with van der Waals surface area (Å²) in [6.45, 7) is 5.00. The Bertz CT molecular complexity index is 737. The van der Waals surface area contributed by atoms with Gasteiger partial charge in [-0.1, -0.05) is 13.8 Å². The van der Waals surface area contributed by atoms with E-state index >= 15 is 0 Å². The molecule has 3 rings (SSSR count). The Morgan fingerprint density at radius 2 is 2.32 bits per heavy atom. The largest absolute Gasteiger partial charge is 0.341 e. The highest BCUT2D eigenvalue weighted by atomic mass is 32.1. The predicted molar refractivity (Wildman–Crippen MR) is 80.3 cm³/mol. The minimum Gasteiger partial charge on any atom is -0.341 e. The number of aromatic nitrogens is 2. The number of carbonyl (C=O) groups is 1. The number of thiazole rings is 1. The van der Waals surface area contributed by atoms with Crippen LogP contribution in [0.2, 0.25) is 0 Å². The van der Waals surface area contributed by atoms with Crippen LogP contribution in [0.3, 0.4) is 0 Å². The summed E-state index contributed by atoms with van der Waals surface area (Å²) in [4.78, 5) is 21.3. The van der Waals surface area contributed by atoms with Crippen molar-refractivity contribution in [2.75, 3.05) is 13.6 Å². The van der Waals surface area contributed by atoms with Crippen molar-refractivity contribution in [3.05, 3.63) is 22.5 Å². The third-order valence-electron chi connectivity index (χ3n) is 2.94. The molecule has 0 spiro atoms. The topological polar surface area (TPSA) is 37.6 Å². The standard InChI is InChI=1S/C13H15N3OS2/c1-8(2)7-15(3)12(17)10-6-9-11(19-10)14-13-16(9)4-5-18-13/h4-6,8H,7H2,1-3H3. The van der Waals surface area contributed by atoms with Crippen LogP contribution < -0.4 is 0 Å². The number of imidazole rings is 1. The molecule has 0 atom stereocenters. The zero-order valence-corrected chi connectivity index (χ0v) is 12.7. The SMILES string of the molecule is CC(C)CN(C)C(=O)c1cc2c(nc3sccn32)s1. The van der Waals surface area contributed by atoms with Gasteiger partial charge in [-0.25, -0.2) is 4.98 Å². The van der Waals surface area contributed by atoms with Crippen molar-refractivity contribution in [2.24, 2.45) is 5.92 Å². The predicted octanol–water partition coefficient (Wildman–Crippen LogP) is 3.34. The van der Waals surface area contributed by atoms with Gasteiger partial charge in [-0.2, -0.15) is 0 Å². The van der Waals surface area contributed by atoms with Crippen molar-refractivity contribution >= 4 is 43.9 Å². The smallest absolute Gasteiger partial charge is 0.263 e. The monoisotopic (exact) mass is 293 g/mol. The van der Waals surface area contributed by atoms with Gasteiger partial charge in [0, 0.05) is 25.2 Å². The lowest BCUT2D eigenvalue weighted by Crippen LogP contribution is -2.29. The van der Waals surface area contributed by atoms with Crippen molar-refractivity contribution in [3.8, 4) is 0 Å². The van der Waals surface area contributed by atoms with E-state index in [0.29, 0.717) is 5.92 Å². The maximum absolute atomic E-state index is 12.3. The van der Waals surface area contributed by atoms with Gasteiger partial charge in [0.25, 0.3) is 5.91 Å². The maximum Gasteiger partial charge on any atom is 0.263 e. The summed E-state index contributed by atoms with van der Waals surface area (Å²) in [6, 6.07) is 1.95. The van der Waals surface area contributed by atoms with Crippen LogP contribution in [0.1, 0.15) is 23.5 Å². The van der Waals surface area contributed by atoms with Crippen molar-refractivity contribution in [2.45, 2.75) is 13.8 Å². The summed E-state index contributed by atoms with van der Waals surface area (Å²) < 4.78 is 2.04. The van der Waals surface area contributed by atoms with Crippen molar-refractivity contribution in [1.29, 1.82) is 0 Å². The molecule has 3 aromatic heterocycles. The summed E-state index contributed by atoms with van der Waals surface area (Å²) in [5.41, 5.74) is 1.03. The molecular formula is C13H15N3OS2. The van der Waals surface area contributed by atoms with Gasteiger partial charge < -0.3 is 4.90 Å². The van der Waals surface area contributed by atoms with Gasteiger partial charge in [0.15, 0.2) is 4.96 Å². The van der Waals surface area contributed by atoms with Gasteiger partial charge >= 0.3 is 0 Å². The molecular weight excluding hydrogens is 278 g/mol. The molecule has 0 bridgehead atoms. The second-order valence-electron chi connectivity index (χ2n) is 5.05. The van der Waals surface area contributed by atoms with Gasteiger partial charge in [0.05, 0.1) is 10.4 Å². The molecule has 3 heterocycles. The van der Waals surface area contributed by atoms with Crippen LogP contribution in [0.4, 0.5) is 0 Å². The van der Waals surface area contributed by atoms with E-state index in [-0.39, 0.29) is 5.91 Å². The van der Waals surface area contributed by atoms with Crippen LogP contribution in [-0.2, 0) is 0 Å². The van der Waals surface area contributed by atoms with Crippen LogP contribution in [0.25, 0.3) is 15.3 Å². The number of rotatable bonds is 3. The van der Waals surface area contributed by atoms with Crippen LogP contribution in [0.5, 0.6) is 0 Å². The molecule has 0 N–H and O–H groups in total. The van der Waals surface area contributed by atoms with Gasteiger partial charge in [0.1, 0.15) is 4.83 Å². The average Bonchev–Trinajstić information content (AvgIpc) is 2.97. The number of hydrogen-bond donors (Lipinski definition) is 0. The first-order valence-electron chi connectivity index (χ1n) is 6.17. The third kappa shape index (κ3) is 2.15. The fourth-order valence-corrected chi connectivity index (χ4v) is 3.97. The first-order valence-corrected chi connectivity index (χ1v) is 7.86. The first kappa shape index (κ1) is 12.6. The third-order valence-corrected chi connectivity index (χ3v) is 4.70. The molecule has 19 heavy (non-hydrogen) atoms. The second-order valence-corrected chi connectivity index (χ2v) is 6.95. The van der Waals surface area contributed by atoms with Crippen molar-refractivity contribution in [3.63, 3.8) is 0 Å². The molecule has 100 valence electrons. The van der Waals surface area contributed by atoms with Crippen molar-refractivity contribution in [1.82, 2.24) is 14.3 Å². The van der Waals surface area contributed by atoms with E-state index in [1.165, 1.54) is 11.3 Å². The summed E-state index contributed by atoms with van der Waals surface area (Å²) in [5.74, 6) is 0.559. The van der Waals surface area contributed by atoms with Gasteiger partial charge in [-0.05, 0) is 12.0 Å². The van der Waals surface area contributed by atoms with Crippen LogP contribution in [0.15, 0.2) is 17.6 Å². The number of amides is 1. The van der Waals surface area contributed by atoms with Crippen molar-refractivity contribution < 1.29 is 4.79 Å². The van der Waals surface area contributed by atoms with E-state index in [1.54, 1.807) is 16.2 Å². The second kappa shape index (κ2) is 4.61. The Labute approximate surface area is 119 Å². The number of hydrogen-bond acceptors (Lipinski definition) is 4. The van der Waals surface area contributed by atoms with Gasteiger partial charge in [0.2, 0.25) is 0 Å². The fourth-order valence-electron chi connectivity index (χ4n) is 2.17. The molecule has 0 saturated carbocycles. The molecule has 1 amide bonds. The number of fused-ring (bicyclic) bond motifs is 3. The lowest BCUT2D eigenvalue weighted by molar-refractivity contribution is 0.0784. The van der Waals surface area contributed by atoms with Crippen LogP contribution in [-0.4, -0.2) is 33.8 Å². The zero-order valence-electron chi connectivity index (χ0n) is 11.1. The molecule has 0 aliphatic carbocycles. The minimum absolute atomic E-state index is 0.0840. The zero-order chi connectivity index (χ0) is 13.6. The summed E-state index contributed by atoms with van der Waals surface area (Å²) >= 11 is 3.08. The van der Waals surface area contributed by atoms with E-state index < -0.39 is 0 Å². The highest BCUT2D eigenvalue weighted by molar-refractivity contribution is 7.21. The number of nitrogens with zero attached hydrogens (tertiary/aromatic N) is 3. The normalized spacial score (nSPS) is 11.8. The quantitative estimate of drug-likeness (QED) is 0.743. The maximum atomic E-state index is 12.3. The number of carbonyl (C=O) groups excluding carboxylic acids is 1. The summed E-state index contributed by atoms with van der Waals surface area (Å²) in [6.07, 6.45) is 1.99. The molecule has 0 fully saturated rings. The van der Waals surface area contributed by atoms with E-state index in [4.69, 9.17) is 0 Å². The number of thiophene rings is 1. The van der Waals surface area contributed by atoms with Crippen LogP contribution in [0, 0.1) is 5.92 Å². The van der Waals surface area contributed by atoms with E-state index in [2.05, 4.69) is 18.8 Å². The Kier molecular flexibility index (Phi) is 3.06. The summed E-state index contributed by atoms with van der Waals surface area (Å²) in [5, 5.41) is 2.01. The van der Waals surface area contributed by atoms with E-state index in [9.17, 15) is 4.79 Å². The molecule has 0 aliphatic rings.